The molecule has 0 aliphatic carbocycles. The number of halogens is 1. The van der Waals surface area contributed by atoms with Gasteiger partial charge in [-0.15, -0.1) is 0 Å². The summed E-state index contributed by atoms with van der Waals surface area (Å²) in [4.78, 5) is 22.8. The minimum absolute atomic E-state index is 0.128. The highest BCUT2D eigenvalue weighted by atomic mass is 79.9. The molecule has 0 bridgehead atoms. The number of esters is 1. The fraction of sp³-hybridized carbons (Fsp3) is 0.778. The predicted octanol–water partition coefficient (Wildman–Crippen LogP) is 4.60. The van der Waals surface area contributed by atoms with Crippen molar-refractivity contribution < 1.29 is 19.1 Å². The molecular formula is C18H31BrO4. The molecule has 0 spiro atoms. The van der Waals surface area contributed by atoms with Gasteiger partial charge in [0.25, 0.3) is 0 Å². The Bertz CT molecular complexity index is 329. The number of alkyl halides is 1. The van der Waals surface area contributed by atoms with Crippen molar-refractivity contribution in [2.45, 2.75) is 64.7 Å². The van der Waals surface area contributed by atoms with Gasteiger partial charge in [0.2, 0.25) is 5.78 Å². The topological polar surface area (TPSA) is 52.6 Å². The summed E-state index contributed by atoms with van der Waals surface area (Å²) in [6.07, 6.45) is 12.9. The van der Waals surface area contributed by atoms with Crippen LogP contribution in [0.25, 0.3) is 0 Å². The molecular weight excluding hydrogens is 360 g/mol. The lowest BCUT2D eigenvalue weighted by Crippen LogP contribution is -2.17. The van der Waals surface area contributed by atoms with E-state index in [-0.39, 0.29) is 13.0 Å². The first-order valence-electron chi connectivity index (χ1n) is 8.71. The van der Waals surface area contributed by atoms with Crippen LogP contribution in [0.4, 0.5) is 0 Å². The zero-order valence-corrected chi connectivity index (χ0v) is 15.9. The Balaban J connectivity index is 3.39. The molecule has 0 radical (unpaired) electrons. The molecule has 0 heterocycles. The van der Waals surface area contributed by atoms with Crippen LogP contribution in [0.5, 0.6) is 0 Å². The van der Waals surface area contributed by atoms with Crippen LogP contribution >= 0.6 is 15.9 Å². The summed E-state index contributed by atoms with van der Waals surface area (Å²) in [7, 11) is 0. The summed E-state index contributed by atoms with van der Waals surface area (Å²) in [5.41, 5.74) is 0. The van der Waals surface area contributed by atoms with Crippen LogP contribution in [0, 0.1) is 0 Å². The average molecular weight is 391 g/mol. The first-order chi connectivity index (χ1) is 11.2. The molecule has 0 aromatic heterocycles. The summed E-state index contributed by atoms with van der Waals surface area (Å²) in [6.45, 7) is 3.63. The molecule has 4 nitrogen and oxygen atoms in total. The first-order valence-corrected chi connectivity index (χ1v) is 9.83. The van der Waals surface area contributed by atoms with E-state index in [1.807, 2.05) is 6.08 Å². The Morgan fingerprint density at radius 2 is 1.61 bits per heavy atom. The zero-order chi connectivity index (χ0) is 17.2. The third-order valence-corrected chi connectivity index (χ3v) is 3.91. The van der Waals surface area contributed by atoms with Crippen molar-refractivity contribution in [1.29, 1.82) is 0 Å². The van der Waals surface area contributed by atoms with Gasteiger partial charge >= 0.3 is 5.97 Å². The van der Waals surface area contributed by atoms with Crippen molar-refractivity contribution in [3.63, 3.8) is 0 Å². The van der Waals surface area contributed by atoms with Gasteiger partial charge in [-0.25, -0.2) is 4.79 Å². The van der Waals surface area contributed by atoms with Crippen LogP contribution in [0.15, 0.2) is 12.2 Å². The minimum Gasteiger partial charge on any atom is -0.456 e. The Labute approximate surface area is 149 Å². The summed E-state index contributed by atoms with van der Waals surface area (Å²) >= 11 is 3.28. The van der Waals surface area contributed by atoms with E-state index in [2.05, 4.69) is 22.9 Å². The van der Waals surface area contributed by atoms with Crippen molar-refractivity contribution in [2.24, 2.45) is 0 Å². The van der Waals surface area contributed by atoms with Crippen LogP contribution in [0.3, 0.4) is 0 Å². The maximum Gasteiger partial charge on any atom is 0.374 e. The Kier molecular flexibility index (Phi) is 17.1. The van der Waals surface area contributed by atoms with E-state index in [1.54, 1.807) is 6.08 Å². The number of ether oxygens (including phenoxy) is 2. The van der Waals surface area contributed by atoms with E-state index in [0.29, 0.717) is 13.0 Å². The third kappa shape index (κ3) is 16.0. The van der Waals surface area contributed by atoms with Crippen molar-refractivity contribution in [1.82, 2.24) is 0 Å². The number of Topliss-reactive ketones (excluding diaryl/α,β-unsaturated/α-hetero) is 1. The van der Waals surface area contributed by atoms with E-state index in [9.17, 15) is 9.59 Å². The zero-order valence-electron chi connectivity index (χ0n) is 14.4. The quantitative estimate of drug-likeness (QED) is 0.127. The van der Waals surface area contributed by atoms with E-state index in [0.717, 1.165) is 24.8 Å². The highest BCUT2D eigenvalue weighted by molar-refractivity contribution is 9.09. The van der Waals surface area contributed by atoms with E-state index in [4.69, 9.17) is 9.47 Å². The first kappa shape index (κ1) is 22.3. The van der Waals surface area contributed by atoms with Gasteiger partial charge in [-0.05, 0) is 25.3 Å². The number of ketones is 1. The number of rotatable bonds is 16. The normalized spacial score (nSPS) is 11.0. The largest absolute Gasteiger partial charge is 0.456 e. The summed E-state index contributed by atoms with van der Waals surface area (Å²) in [5.74, 6) is -1.18. The van der Waals surface area contributed by atoms with Crippen molar-refractivity contribution in [3.8, 4) is 0 Å². The molecule has 134 valence electrons. The van der Waals surface area contributed by atoms with Crippen molar-refractivity contribution >= 4 is 27.7 Å². The molecule has 0 saturated carbocycles. The van der Waals surface area contributed by atoms with Crippen LogP contribution in [-0.4, -0.2) is 36.9 Å². The van der Waals surface area contributed by atoms with E-state index >= 15 is 0 Å². The fourth-order valence-corrected chi connectivity index (χ4v) is 2.35. The Morgan fingerprint density at radius 1 is 0.913 bits per heavy atom. The molecule has 0 aromatic rings. The standard InChI is InChI=1S/C18H31BrO4/c1-2-3-4-5-6-9-14-22-15-10-11-16-23-18(21)17(20)12-7-8-13-19/h10-11H,2-9,12-16H2,1H3/b11-10+. The molecule has 0 aliphatic heterocycles. The third-order valence-electron chi connectivity index (χ3n) is 3.35. The average Bonchev–Trinajstić information content (AvgIpc) is 2.55. The molecule has 5 heteroatoms. The molecule has 0 aliphatic rings. The summed E-state index contributed by atoms with van der Waals surface area (Å²) in [5, 5.41) is 0.844. The number of hydrogen-bond acceptors (Lipinski definition) is 4. The van der Waals surface area contributed by atoms with Gasteiger partial charge in [-0.1, -0.05) is 61.0 Å². The summed E-state index contributed by atoms with van der Waals surface area (Å²) in [6, 6.07) is 0. The Morgan fingerprint density at radius 3 is 2.35 bits per heavy atom. The van der Waals surface area contributed by atoms with Gasteiger partial charge < -0.3 is 9.47 Å². The number of carbonyl (C=O) groups excluding carboxylic acids is 2. The van der Waals surface area contributed by atoms with Gasteiger partial charge in [-0.3, -0.25) is 4.79 Å². The van der Waals surface area contributed by atoms with Crippen LogP contribution in [0.2, 0.25) is 0 Å². The van der Waals surface area contributed by atoms with Gasteiger partial charge in [0.15, 0.2) is 0 Å². The van der Waals surface area contributed by atoms with Crippen molar-refractivity contribution in [2.75, 3.05) is 25.2 Å². The number of carbonyl (C=O) groups is 2. The monoisotopic (exact) mass is 390 g/mol. The smallest absolute Gasteiger partial charge is 0.374 e. The molecule has 0 rings (SSSR count). The predicted molar refractivity (Wildman–Crippen MR) is 96.9 cm³/mol. The van der Waals surface area contributed by atoms with Crippen molar-refractivity contribution in [3.05, 3.63) is 12.2 Å². The van der Waals surface area contributed by atoms with Gasteiger partial charge in [0.05, 0.1) is 6.61 Å². The highest BCUT2D eigenvalue weighted by Crippen LogP contribution is 2.04. The van der Waals surface area contributed by atoms with Crippen LogP contribution in [-0.2, 0) is 19.1 Å². The molecule has 0 unspecified atom stereocenters. The maximum absolute atomic E-state index is 11.4. The van der Waals surface area contributed by atoms with E-state index < -0.39 is 11.8 Å². The van der Waals surface area contributed by atoms with Crippen LogP contribution in [0.1, 0.15) is 64.7 Å². The molecule has 0 fully saturated rings. The van der Waals surface area contributed by atoms with Gasteiger partial charge in [0, 0.05) is 18.4 Å². The second-order valence-corrected chi connectivity index (χ2v) is 6.27. The molecule has 0 aromatic carbocycles. The molecule has 23 heavy (non-hydrogen) atoms. The maximum atomic E-state index is 11.4. The second kappa shape index (κ2) is 17.7. The lowest BCUT2D eigenvalue weighted by Gasteiger charge is -2.02. The number of hydrogen-bond donors (Lipinski definition) is 0. The highest BCUT2D eigenvalue weighted by Gasteiger charge is 2.13. The van der Waals surface area contributed by atoms with Crippen LogP contribution < -0.4 is 0 Å². The van der Waals surface area contributed by atoms with E-state index in [1.165, 1.54) is 32.1 Å². The SMILES string of the molecule is CCCCCCCCOC/C=C/COC(=O)C(=O)CCCCBr. The van der Waals surface area contributed by atoms with Gasteiger partial charge in [0.1, 0.15) is 6.61 Å². The minimum atomic E-state index is -0.739. The molecule has 0 atom stereocenters. The number of unbranched alkanes of at least 4 members (excludes halogenated alkanes) is 6. The molecule has 0 saturated heterocycles. The fourth-order valence-electron chi connectivity index (χ4n) is 1.96. The second-order valence-electron chi connectivity index (χ2n) is 5.48. The Hall–Kier alpha value is -0.680. The summed E-state index contributed by atoms with van der Waals surface area (Å²) < 4.78 is 10.3. The lowest BCUT2D eigenvalue weighted by atomic mass is 10.1. The lowest BCUT2D eigenvalue weighted by molar-refractivity contribution is -0.153. The molecule has 0 amide bonds. The molecule has 0 N–H and O–H groups in total. The van der Waals surface area contributed by atoms with Gasteiger partial charge in [-0.2, -0.15) is 0 Å².